The number of benzene rings is 2. The molecule has 0 aliphatic rings. The molecule has 0 aromatic heterocycles. The van der Waals surface area contributed by atoms with Crippen molar-refractivity contribution in [2.45, 2.75) is 0 Å². The van der Waals surface area contributed by atoms with E-state index in [2.05, 4.69) is 0 Å². The van der Waals surface area contributed by atoms with Crippen LogP contribution in [0.5, 0.6) is 11.5 Å². The van der Waals surface area contributed by atoms with E-state index in [-0.39, 0.29) is 10.8 Å². The third-order valence-electron chi connectivity index (χ3n) is 2.41. The average Bonchev–Trinajstić information content (AvgIpc) is 2.34. The van der Waals surface area contributed by atoms with Gasteiger partial charge in [-0.25, -0.2) is 0 Å². The Labute approximate surface area is 109 Å². The standard InChI is InChI=1S/C13H10Cl2O2/c1-17-10-4-2-3-8(5-10)11-6-9(14)7-12(15)13(11)16/h2-7,16H,1H3. The van der Waals surface area contributed by atoms with Crippen LogP contribution in [0.15, 0.2) is 36.4 Å². The molecule has 17 heavy (non-hydrogen) atoms. The quantitative estimate of drug-likeness (QED) is 0.876. The lowest BCUT2D eigenvalue weighted by Gasteiger charge is -2.08. The highest BCUT2D eigenvalue weighted by molar-refractivity contribution is 6.36. The van der Waals surface area contributed by atoms with Crippen LogP contribution in [0.3, 0.4) is 0 Å². The molecule has 0 saturated carbocycles. The zero-order valence-corrected chi connectivity index (χ0v) is 10.6. The molecule has 1 N–H and O–H groups in total. The number of hydrogen-bond donors (Lipinski definition) is 1. The highest BCUT2D eigenvalue weighted by Crippen LogP contribution is 2.38. The predicted octanol–water partition coefficient (Wildman–Crippen LogP) is 4.37. The Morgan fingerprint density at radius 2 is 1.88 bits per heavy atom. The lowest BCUT2D eigenvalue weighted by atomic mass is 10.0. The Bertz CT molecular complexity index is 553. The van der Waals surface area contributed by atoms with Crippen LogP contribution in [-0.4, -0.2) is 12.2 Å². The van der Waals surface area contributed by atoms with Crippen LogP contribution < -0.4 is 4.74 Å². The molecule has 0 heterocycles. The summed E-state index contributed by atoms with van der Waals surface area (Å²) in [7, 11) is 1.59. The number of halogens is 2. The molecule has 0 atom stereocenters. The number of rotatable bonds is 2. The van der Waals surface area contributed by atoms with Crippen molar-refractivity contribution in [2.75, 3.05) is 7.11 Å². The summed E-state index contributed by atoms with van der Waals surface area (Å²) in [6.07, 6.45) is 0. The van der Waals surface area contributed by atoms with Gasteiger partial charge in [-0.15, -0.1) is 0 Å². The Morgan fingerprint density at radius 1 is 1.12 bits per heavy atom. The van der Waals surface area contributed by atoms with Crippen molar-refractivity contribution in [2.24, 2.45) is 0 Å². The molecule has 2 aromatic rings. The van der Waals surface area contributed by atoms with Crippen LogP contribution in [0.2, 0.25) is 10.0 Å². The van der Waals surface area contributed by atoms with Crippen molar-refractivity contribution in [3.8, 4) is 22.6 Å². The van der Waals surface area contributed by atoms with Gasteiger partial charge in [0.1, 0.15) is 11.5 Å². The summed E-state index contributed by atoms with van der Waals surface area (Å²) in [6, 6.07) is 10.5. The van der Waals surface area contributed by atoms with E-state index >= 15 is 0 Å². The maximum atomic E-state index is 9.91. The average molecular weight is 269 g/mol. The highest BCUT2D eigenvalue weighted by atomic mass is 35.5. The molecule has 0 aliphatic carbocycles. The van der Waals surface area contributed by atoms with E-state index in [9.17, 15) is 5.11 Å². The second-order valence-corrected chi connectivity index (χ2v) is 4.36. The van der Waals surface area contributed by atoms with E-state index in [1.54, 1.807) is 13.2 Å². The second kappa shape index (κ2) is 4.86. The van der Waals surface area contributed by atoms with Crippen molar-refractivity contribution in [1.29, 1.82) is 0 Å². The number of methoxy groups -OCH3 is 1. The summed E-state index contributed by atoms with van der Waals surface area (Å²) in [5.74, 6) is 0.724. The van der Waals surface area contributed by atoms with E-state index in [0.717, 1.165) is 5.56 Å². The summed E-state index contributed by atoms with van der Waals surface area (Å²) in [4.78, 5) is 0. The molecule has 4 heteroatoms. The summed E-state index contributed by atoms with van der Waals surface area (Å²) in [6.45, 7) is 0. The van der Waals surface area contributed by atoms with Gasteiger partial charge in [0.2, 0.25) is 0 Å². The smallest absolute Gasteiger partial charge is 0.142 e. The lowest BCUT2D eigenvalue weighted by molar-refractivity contribution is 0.415. The molecule has 2 aromatic carbocycles. The molecule has 0 bridgehead atoms. The monoisotopic (exact) mass is 268 g/mol. The minimum absolute atomic E-state index is 0.0179. The molecule has 88 valence electrons. The van der Waals surface area contributed by atoms with Gasteiger partial charge in [0, 0.05) is 10.6 Å². The summed E-state index contributed by atoms with van der Waals surface area (Å²) in [5.41, 5.74) is 1.38. The normalized spacial score (nSPS) is 10.3. The Balaban J connectivity index is 2.59. The summed E-state index contributed by atoms with van der Waals surface area (Å²) < 4.78 is 5.13. The second-order valence-electron chi connectivity index (χ2n) is 3.52. The minimum Gasteiger partial charge on any atom is -0.506 e. The summed E-state index contributed by atoms with van der Waals surface area (Å²) in [5, 5.41) is 10.6. The Hall–Kier alpha value is -1.38. The minimum atomic E-state index is 0.0179. The van der Waals surface area contributed by atoms with Gasteiger partial charge in [-0.1, -0.05) is 35.3 Å². The van der Waals surface area contributed by atoms with E-state index in [4.69, 9.17) is 27.9 Å². The molecule has 2 nitrogen and oxygen atoms in total. The van der Waals surface area contributed by atoms with Crippen LogP contribution in [-0.2, 0) is 0 Å². The first kappa shape index (κ1) is 12.1. The van der Waals surface area contributed by atoms with Gasteiger partial charge < -0.3 is 9.84 Å². The molecule has 0 amide bonds. The molecule has 0 fully saturated rings. The Kier molecular flexibility index (Phi) is 3.46. The zero-order valence-electron chi connectivity index (χ0n) is 9.08. The first-order valence-electron chi connectivity index (χ1n) is 4.94. The first-order chi connectivity index (χ1) is 8.11. The maximum absolute atomic E-state index is 9.91. The van der Waals surface area contributed by atoms with E-state index in [1.165, 1.54) is 6.07 Å². The lowest BCUT2D eigenvalue weighted by Crippen LogP contribution is -1.85. The van der Waals surface area contributed by atoms with Crippen molar-refractivity contribution in [3.63, 3.8) is 0 Å². The third kappa shape index (κ3) is 2.48. The largest absolute Gasteiger partial charge is 0.506 e. The first-order valence-corrected chi connectivity index (χ1v) is 5.70. The maximum Gasteiger partial charge on any atom is 0.142 e. The molecule has 0 radical (unpaired) electrons. The zero-order chi connectivity index (χ0) is 12.4. The number of hydrogen-bond acceptors (Lipinski definition) is 2. The number of phenolic OH excluding ortho intramolecular Hbond substituents is 1. The predicted molar refractivity (Wildman–Crippen MR) is 70.1 cm³/mol. The van der Waals surface area contributed by atoms with Crippen LogP contribution in [0.25, 0.3) is 11.1 Å². The van der Waals surface area contributed by atoms with Gasteiger partial charge in [0.25, 0.3) is 0 Å². The fourth-order valence-electron chi connectivity index (χ4n) is 1.58. The van der Waals surface area contributed by atoms with Crippen LogP contribution in [0.4, 0.5) is 0 Å². The van der Waals surface area contributed by atoms with E-state index < -0.39 is 0 Å². The van der Waals surface area contributed by atoms with Crippen LogP contribution in [0, 0.1) is 0 Å². The van der Waals surface area contributed by atoms with Gasteiger partial charge in [-0.2, -0.15) is 0 Å². The molecular weight excluding hydrogens is 259 g/mol. The topological polar surface area (TPSA) is 29.5 Å². The third-order valence-corrected chi connectivity index (χ3v) is 2.92. The molecular formula is C13H10Cl2O2. The van der Waals surface area contributed by atoms with Crippen LogP contribution in [0.1, 0.15) is 0 Å². The van der Waals surface area contributed by atoms with Crippen molar-refractivity contribution >= 4 is 23.2 Å². The van der Waals surface area contributed by atoms with Gasteiger partial charge >= 0.3 is 0 Å². The van der Waals surface area contributed by atoms with E-state index in [1.807, 2.05) is 24.3 Å². The van der Waals surface area contributed by atoms with Crippen molar-refractivity contribution < 1.29 is 9.84 Å². The van der Waals surface area contributed by atoms with Crippen molar-refractivity contribution in [1.82, 2.24) is 0 Å². The van der Waals surface area contributed by atoms with Gasteiger partial charge in [0.15, 0.2) is 0 Å². The van der Waals surface area contributed by atoms with Gasteiger partial charge in [-0.05, 0) is 29.8 Å². The van der Waals surface area contributed by atoms with E-state index in [0.29, 0.717) is 16.3 Å². The Morgan fingerprint density at radius 3 is 2.59 bits per heavy atom. The van der Waals surface area contributed by atoms with Gasteiger partial charge in [-0.3, -0.25) is 0 Å². The molecule has 0 aliphatic heterocycles. The number of aromatic hydroxyl groups is 1. The van der Waals surface area contributed by atoms with Crippen LogP contribution >= 0.6 is 23.2 Å². The fourth-order valence-corrected chi connectivity index (χ4v) is 2.07. The molecule has 0 spiro atoms. The number of phenols is 1. The van der Waals surface area contributed by atoms with Crippen molar-refractivity contribution in [3.05, 3.63) is 46.4 Å². The summed E-state index contributed by atoms with van der Waals surface area (Å²) >= 11 is 11.8. The molecule has 0 unspecified atom stereocenters. The fraction of sp³-hybridized carbons (Fsp3) is 0.0769. The molecule has 0 saturated heterocycles. The SMILES string of the molecule is COc1cccc(-c2cc(Cl)cc(Cl)c2O)c1. The number of ether oxygens (including phenoxy) is 1. The highest BCUT2D eigenvalue weighted by Gasteiger charge is 2.10. The molecule has 2 rings (SSSR count). The van der Waals surface area contributed by atoms with Gasteiger partial charge in [0.05, 0.1) is 12.1 Å².